The number of ether oxygens (including phenoxy) is 2. The number of amides is 1. The number of likely N-dealkylation sites (tertiary alicyclic amines) is 1. The molecular weight excluding hydrogens is 349 g/mol. The first-order valence-electron chi connectivity index (χ1n) is 8.84. The molecule has 27 heavy (non-hydrogen) atoms. The first-order chi connectivity index (χ1) is 13.0. The fourth-order valence-electron chi connectivity index (χ4n) is 3.30. The van der Waals surface area contributed by atoms with Crippen LogP contribution >= 0.6 is 0 Å². The number of ketones is 1. The predicted molar refractivity (Wildman–Crippen MR) is 98.9 cm³/mol. The van der Waals surface area contributed by atoms with Gasteiger partial charge >= 0.3 is 0 Å². The maximum Gasteiger partial charge on any atom is 0.256 e. The Hall–Kier alpha value is -2.89. The third-order valence-corrected chi connectivity index (χ3v) is 4.93. The molecule has 0 atom stereocenters. The van der Waals surface area contributed by atoms with E-state index in [9.17, 15) is 14.0 Å². The highest BCUT2D eigenvalue weighted by atomic mass is 19.1. The van der Waals surface area contributed by atoms with Gasteiger partial charge in [0.15, 0.2) is 5.78 Å². The number of benzene rings is 2. The Morgan fingerprint density at radius 1 is 0.963 bits per heavy atom. The molecule has 1 fully saturated rings. The number of carbonyl (C=O) groups is 2. The lowest BCUT2D eigenvalue weighted by atomic mass is 9.88. The van der Waals surface area contributed by atoms with Crippen LogP contribution in [0.25, 0.3) is 0 Å². The van der Waals surface area contributed by atoms with E-state index in [1.165, 1.54) is 19.2 Å². The molecule has 1 aliphatic rings. The molecule has 0 radical (unpaired) electrons. The van der Waals surface area contributed by atoms with E-state index < -0.39 is 5.82 Å². The highest BCUT2D eigenvalue weighted by molar-refractivity contribution is 5.98. The third-order valence-electron chi connectivity index (χ3n) is 4.93. The van der Waals surface area contributed by atoms with Crippen molar-refractivity contribution in [2.45, 2.75) is 12.8 Å². The summed E-state index contributed by atoms with van der Waals surface area (Å²) in [5.74, 6) is 0.0474. The van der Waals surface area contributed by atoms with E-state index in [1.54, 1.807) is 42.3 Å². The second kappa shape index (κ2) is 8.20. The van der Waals surface area contributed by atoms with Gasteiger partial charge in [0.25, 0.3) is 5.91 Å². The average Bonchev–Trinajstić information content (AvgIpc) is 2.72. The van der Waals surface area contributed by atoms with Gasteiger partial charge in [-0.1, -0.05) is 0 Å². The number of halogens is 1. The van der Waals surface area contributed by atoms with Crippen molar-refractivity contribution in [3.63, 3.8) is 0 Å². The normalized spacial score (nSPS) is 14.7. The van der Waals surface area contributed by atoms with Crippen LogP contribution in [-0.2, 0) is 0 Å². The lowest BCUT2D eigenvalue weighted by Gasteiger charge is -2.31. The Kier molecular flexibility index (Phi) is 5.74. The number of methoxy groups -OCH3 is 2. The van der Waals surface area contributed by atoms with Crippen molar-refractivity contribution < 1.29 is 23.5 Å². The van der Waals surface area contributed by atoms with Crippen LogP contribution in [0.5, 0.6) is 11.5 Å². The van der Waals surface area contributed by atoms with Crippen molar-refractivity contribution >= 4 is 11.7 Å². The van der Waals surface area contributed by atoms with Crippen LogP contribution in [0.2, 0.25) is 0 Å². The van der Waals surface area contributed by atoms with Crippen molar-refractivity contribution in [3.8, 4) is 11.5 Å². The van der Waals surface area contributed by atoms with Gasteiger partial charge in [0.1, 0.15) is 17.3 Å². The Morgan fingerprint density at radius 3 is 2.11 bits per heavy atom. The molecule has 5 nitrogen and oxygen atoms in total. The second-order valence-corrected chi connectivity index (χ2v) is 6.51. The number of hydrogen-bond acceptors (Lipinski definition) is 4. The van der Waals surface area contributed by atoms with Gasteiger partial charge in [0.2, 0.25) is 0 Å². The van der Waals surface area contributed by atoms with Gasteiger partial charge in [-0.15, -0.1) is 0 Å². The summed E-state index contributed by atoms with van der Waals surface area (Å²) in [4.78, 5) is 26.8. The zero-order valence-corrected chi connectivity index (χ0v) is 15.4. The Morgan fingerprint density at radius 2 is 1.56 bits per heavy atom. The van der Waals surface area contributed by atoms with Crippen molar-refractivity contribution in [1.29, 1.82) is 0 Å². The number of rotatable bonds is 5. The summed E-state index contributed by atoms with van der Waals surface area (Å²) >= 11 is 0. The zero-order valence-electron chi connectivity index (χ0n) is 15.4. The molecule has 1 saturated heterocycles. The average molecular weight is 371 g/mol. The largest absolute Gasteiger partial charge is 0.497 e. The summed E-state index contributed by atoms with van der Waals surface area (Å²) in [6, 6.07) is 11.2. The standard InChI is InChI=1S/C21H22FNO4/c1-26-16-5-3-14(4-6-16)20(24)15-9-11-23(12-10-15)21(25)18-8-7-17(27-2)13-19(18)22/h3-8,13,15H,9-12H2,1-2H3. The molecule has 0 saturated carbocycles. The summed E-state index contributed by atoms with van der Waals surface area (Å²) in [6.07, 6.45) is 1.13. The smallest absolute Gasteiger partial charge is 0.256 e. The van der Waals surface area contributed by atoms with Crippen LogP contribution in [0.3, 0.4) is 0 Å². The van der Waals surface area contributed by atoms with Crippen molar-refractivity contribution in [1.82, 2.24) is 4.90 Å². The van der Waals surface area contributed by atoms with E-state index in [2.05, 4.69) is 0 Å². The minimum Gasteiger partial charge on any atom is -0.497 e. The number of nitrogens with zero attached hydrogens (tertiary/aromatic N) is 1. The summed E-state index contributed by atoms with van der Waals surface area (Å²) in [6.45, 7) is 0.855. The van der Waals surface area contributed by atoms with Gasteiger partial charge in [-0.3, -0.25) is 9.59 Å². The first-order valence-corrected chi connectivity index (χ1v) is 8.84. The van der Waals surface area contributed by atoms with Gasteiger partial charge in [-0.25, -0.2) is 4.39 Å². The molecule has 1 aliphatic heterocycles. The number of Topliss-reactive ketones (excluding diaryl/α,β-unsaturated/α-hetero) is 1. The van der Waals surface area contributed by atoms with Crippen LogP contribution in [0, 0.1) is 11.7 Å². The molecule has 2 aromatic rings. The van der Waals surface area contributed by atoms with E-state index in [4.69, 9.17) is 9.47 Å². The van der Waals surface area contributed by atoms with Crippen LogP contribution in [0.4, 0.5) is 4.39 Å². The molecule has 2 aromatic carbocycles. The van der Waals surface area contributed by atoms with Crippen LogP contribution in [0.15, 0.2) is 42.5 Å². The molecule has 0 spiro atoms. The molecule has 6 heteroatoms. The zero-order chi connectivity index (χ0) is 19.4. The summed E-state index contributed by atoms with van der Waals surface area (Å²) in [7, 11) is 3.02. The highest BCUT2D eigenvalue weighted by Crippen LogP contribution is 2.25. The number of carbonyl (C=O) groups excluding carboxylic acids is 2. The van der Waals surface area contributed by atoms with Gasteiger partial charge in [-0.05, 0) is 49.2 Å². The van der Waals surface area contributed by atoms with Crippen molar-refractivity contribution in [2.75, 3.05) is 27.3 Å². The topological polar surface area (TPSA) is 55.8 Å². The quantitative estimate of drug-likeness (QED) is 0.754. The van der Waals surface area contributed by atoms with Crippen molar-refractivity contribution in [3.05, 3.63) is 59.4 Å². The SMILES string of the molecule is COc1ccc(C(=O)C2CCN(C(=O)c3ccc(OC)cc3F)CC2)cc1. The van der Waals surface area contributed by atoms with E-state index >= 15 is 0 Å². The highest BCUT2D eigenvalue weighted by Gasteiger charge is 2.29. The molecule has 142 valence electrons. The fraction of sp³-hybridized carbons (Fsp3) is 0.333. The Bertz CT molecular complexity index is 827. The number of piperidine rings is 1. The Labute approximate surface area is 157 Å². The summed E-state index contributed by atoms with van der Waals surface area (Å²) in [5, 5.41) is 0. The van der Waals surface area contributed by atoms with E-state index in [0.29, 0.717) is 43.0 Å². The van der Waals surface area contributed by atoms with Crippen LogP contribution < -0.4 is 9.47 Å². The molecule has 1 amide bonds. The lowest BCUT2D eigenvalue weighted by molar-refractivity contribution is 0.0646. The van der Waals surface area contributed by atoms with Crippen molar-refractivity contribution in [2.24, 2.45) is 5.92 Å². The minimum absolute atomic E-state index is 0.0238. The van der Waals surface area contributed by atoms with Gasteiger partial charge in [-0.2, -0.15) is 0 Å². The molecule has 0 aromatic heterocycles. The van der Waals surface area contributed by atoms with Gasteiger partial charge < -0.3 is 14.4 Å². The predicted octanol–water partition coefficient (Wildman–Crippen LogP) is 3.58. The van der Waals surface area contributed by atoms with Gasteiger partial charge in [0.05, 0.1) is 19.8 Å². The molecule has 0 aliphatic carbocycles. The van der Waals surface area contributed by atoms with E-state index in [-0.39, 0.29) is 23.2 Å². The van der Waals surface area contributed by atoms with E-state index in [0.717, 1.165) is 0 Å². The second-order valence-electron chi connectivity index (χ2n) is 6.51. The van der Waals surface area contributed by atoms with E-state index in [1.807, 2.05) is 0 Å². The van der Waals surface area contributed by atoms with Crippen LogP contribution in [-0.4, -0.2) is 43.9 Å². The molecule has 0 bridgehead atoms. The Balaban J connectivity index is 1.62. The lowest BCUT2D eigenvalue weighted by Crippen LogP contribution is -2.40. The fourth-order valence-corrected chi connectivity index (χ4v) is 3.30. The molecule has 1 heterocycles. The molecule has 0 N–H and O–H groups in total. The third kappa shape index (κ3) is 4.10. The van der Waals surface area contributed by atoms with Gasteiger partial charge in [0, 0.05) is 30.6 Å². The minimum atomic E-state index is -0.601. The van der Waals surface area contributed by atoms with Crippen LogP contribution in [0.1, 0.15) is 33.6 Å². The summed E-state index contributed by atoms with van der Waals surface area (Å²) in [5.41, 5.74) is 0.664. The number of hydrogen-bond donors (Lipinski definition) is 0. The molecule has 0 unspecified atom stereocenters. The molecular formula is C21H22FNO4. The molecule has 3 rings (SSSR count). The first kappa shape index (κ1) is 18.9. The maximum atomic E-state index is 14.1. The maximum absolute atomic E-state index is 14.1. The summed E-state index contributed by atoms with van der Waals surface area (Å²) < 4.78 is 24.2. The monoisotopic (exact) mass is 371 g/mol.